The number of nitrogens with one attached hydrogen (secondary N) is 1. The minimum atomic E-state index is -1.69. The van der Waals surface area contributed by atoms with Crippen LogP contribution in [0.3, 0.4) is 0 Å². The molecule has 1 aliphatic heterocycles. The second-order valence-electron chi connectivity index (χ2n) is 4.69. The summed E-state index contributed by atoms with van der Waals surface area (Å²) < 4.78 is 5.49. The molecule has 1 aliphatic rings. The van der Waals surface area contributed by atoms with Gasteiger partial charge in [-0.3, -0.25) is 0 Å². The van der Waals surface area contributed by atoms with Crippen molar-refractivity contribution < 1.29 is 14.6 Å². The van der Waals surface area contributed by atoms with E-state index in [1.807, 2.05) is 22.9 Å². The maximum Gasteiger partial charge on any atom is 0.349 e. The molecule has 0 unspecified atom stereocenters. The van der Waals surface area contributed by atoms with E-state index < -0.39 is 11.6 Å². The number of thiophene rings is 2. The first-order chi connectivity index (χ1) is 9.71. The van der Waals surface area contributed by atoms with Crippen LogP contribution in [-0.4, -0.2) is 30.3 Å². The fraction of sp³-hybridized carbons (Fsp3) is 0.357. The highest BCUT2D eigenvalue weighted by Crippen LogP contribution is 2.37. The molecule has 0 radical (unpaired) electrons. The molecule has 6 heteroatoms. The van der Waals surface area contributed by atoms with Gasteiger partial charge in [0, 0.05) is 6.54 Å². The van der Waals surface area contributed by atoms with Crippen LogP contribution in [0.1, 0.15) is 16.2 Å². The van der Waals surface area contributed by atoms with Gasteiger partial charge in [0.15, 0.2) is 0 Å². The van der Waals surface area contributed by atoms with Crippen LogP contribution >= 0.6 is 22.7 Å². The van der Waals surface area contributed by atoms with E-state index in [0.29, 0.717) is 16.3 Å². The van der Waals surface area contributed by atoms with E-state index in [1.54, 1.807) is 12.1 Å². The lowest BCUT2D eigenvalue weighted by Crippen LogP contribution is -2.39. The number of ether oxygens (including phenoxy) is 1. The molecule has 3 rings (SSSR count). The maximum atomic E-state index is 12.5. The number of aliphatic hydroxyl groups is 1. The molecule has 1 fully saturated rings. The topological polar surface area (TPSA) is 58.6 Å². The van der Waals surface area contributed by atoms with E-state index in [9.17, 15) is 9.90 Å². The lowest BCUT2D eigenvalue weighted by atomic mass is 10.00. The maximum absolute atomic E-state index is 12.5. The fourth-order valence-electron chi connectivity index (χ4n) is 2.26. The number of hydrogen-bond donors (Lipinski definition) is 2. The highest BCUT2D eigenvalue weighted by atomic mass is 32.1. The standard InChI is InChI=1S/C14H15NO3S2/c16-13(18-10-5-6-15-9-10)14(17,11-3-1-7-19-11)12-4-2-8-20-12/h1-4,7-8,10,15,17H,5-6,9H2/t10-/m1/s1. The molecule has 0 aliphatic carbocycles. The Bertz CT molecular complexity index is 525. The van der Waals surface area contributed by atoms with Gasteiger partial charge < -0.3 is 15.2 Å². The Morgan fingerprint density at radius 3 is 2.40 bits per heavy atom. The third kappa shape index (κ3) is 2.40. The summed E-state index contributed by atoms with van der Waals surface area (Å²) in [6.07, 6.45) is 0.630. The number of carbonyl (C=O) groups excluding carboxylic acids is 1. The van der Waals surface area contributed by atoms with Crippen LogP contribution in [0.25, 0.3) is 0 Å². The summed E-state index contributed by atoms with van der Waals surface area (Å²) in [5.74, 6) is -0.587. The van der Waals surface area contributed by atoms with E-state index in [0.717, 1.165) is 13.0 Å². The average molecular weight is 309 g/mol. The molecule has 0 spiro atoms. The molecule has 2 aromatic rings. The van der Waals surface area contributed by atoms with Crippen molar-refractivity contribution in [2.45, 2.75) is 18.1 Å². The van der Waals surface area contributed by atoms with Crippen LogP contribution in [0, 0.1) is 0 Å². The third-order valence-corrected chi connectivity index (χ3v) is 5.30. The van der Waals surface area contributed by atoms with Gasteiger partial charge in [0.2, 0.25) is 5.60 Å². The second kappa shape index (κ2) is 5.65. The van der Waals surface area contributed by atoms with E-state index >= 15 is 0 Å². The Kier molecular flexibility index (Phi) is 3.89. The van der Waals surface area contributed by atoms with Crippen LogP contribution in [0.15, 0.2) is 35.0 Å². The lowest BCUT2D eigenvalue weighted by molar-refractivity contribution is -0.166. The van der Waals surface area contributed by atoms with Crippen LogP contribution in [0.4, 0.5) is 0 Å². The lowest BCUT2D eigenvalue weighted by Gasteiger charge is -2.25. The van der Waals surface area contributed by atoms with Crippen molar-refractivity contribution in [2.24, 2.45) is 0 Å². The number of hydrogen-bond acceptors (Lipinski definition) is 6. The van der Waals surface area contributed by atoms with Gasteiger partial charge in [0.25, 0.3) is 0 Å². The van der Waals surface area contributed by atoms with Crippen molar-refractivity contribution >= 4 is 28.6 Å². The summed E-state index contributed by atoms with van der Waals surface area (Å²) in [4.78, 5) is 13.7. The zero-order valence-electron chi connectivity index (χ0n) is 10.7. The highest BCUT2D eigenvalue weighted by molar-refractivity contribution is 7.12. The Labute approximate surface area is 125 Å². The number of esters is 1. The second-order valence-corrected chi connectivity index (χ2v) is 6.58. The van der Waals surface area contributed by atoms with Crippen molar-refractivity contribution in [2.75, 3.05) is 13.1 Å². The summed E-state index contributed by atoms with van der Waals surface area (Å²) in [5.41, 5.74) is -1.69. The summed E-state index contributed by atoms with van der Waals surface area (Å²) in [5, 5.41) is 17.8. The molecule has 2 N–H and O–H groups in total. The van der Waals surface area contributed by atoms with Crippen LogP contribution in [0.2, 0.25) is 0 Å². The molecule has 2 aromatic heterocycles. The Morgan fingerprint density at radius 1 is 1.30 bits per heavy atom. The molecular weight excluding hydrogens is 294 g/mol. The smallest absolute Gasteiger partial charge is 0.349 e. The van der Waals surface area contributed by atoms with E-state index in [4.69, 9.17) is 4.74 Å². The summed E-state index contributed by atoms with van der Waals surface area (Å²) in [7, 11) is 0. The minimum Gasteiger partial charge on any atom is -0.458 e. The molecular formula is C14H15NO3S2. The molecule has 1 saturated heterocycles. The quantitative estimate of drug-likeness (QED) is 0.848. The van der Waals surface area contributed by atoms with E-state index in [1.165, 1.54) is 22.7 Å². The van der Waals surface area contributed by atoms with Crippen LogP contribution in [-0.2, 0) is 15.1 Å². The first-order valence-corrected chi connectivity index (χ1v) is 8.19. The Morgan fingerprint density at radius 2 is 1.95 bits per heavy atom. The van der Waals surface area contributed by atoms with Gasteiger partial charge in [-0.25, -0.2) is 4.79 Å². The molecule has 1 atom stereocenters. The van der Waals surface area contributed by atoms with Crippen molar-refractivity contribution in [3.8, 4) is 0 Å². The summed E-state index contributed by atoms with van der Waals surface area (Å²) in [6, 6.07) is 7.17. The zero-order valence-corrected chi connectivity index (χ0v) is 12.4. The van der Waals surface area contributed by atoms with Gasteiger partial charge in [-0.1, -0.05) is 12.1 Å². The van der Waals surface area contributed by atoms with Crippen LogP contribution < -0.4 is 5.32 Å². The first-order valence-electron chi connectivity index (χ1n) is 6.43. The predicted molar refractivity (Wildman–Crippen MR) is 79.0 cm³/mol. The molecule has 4 nitrogen and oxygen atoms in total. The first kappa shape index (κ1) is 13.8. The number of rotatable bonds is 4. The average Bonchev–Trinajstić information content (AvgIpc) is 3.19. The number of carbonyl (C=O) groups is 1. The molecule has 0 aromatic carbocycles. The zero-order chi connectivity index (χ0) is 14.0. The van der Waals surface area contributed by atoms with Gasteiger partial charge in [0.05, 0.1) is 9.75 Å². The van der Waals surface area contributed by atoms with E-state index in [-0.39, 0.29) is 6.10 Å². The van der Waals surface area contributed by atoms with E-state index in [2.05, 4.69) is 5.32 Å². The van der Waals surface area contributed by atoms with Crippen molar-refractivity contribution in [1.29, 1.82) is 0 Å². The molecule has 0 saturated carbocycles. The highest BCUT2D eigenvalue weighted by Gasteiger charge is 2.44. The predicted octanol–water partition coefficient (Wildman–Crippen LogP) is 1.95. The Hall–Kier alpha value is -1.21. The molecule has 3 heterocycles. The van der Waals surface area contributed by atoms with Crippen LogP contribution in [0.5, 0.6) is 0 Å². The van der Waals surface area contributed by atoms with Gasteiger partial charge in [-0.15, -0.1) is 22.7 Å². The Balaban J connectivity index is 1.91. The molecule has 106 valence electrons. The largest absolute Gasteiger partial charge is 0.458 e. The van der Waals surface area contributed by atoms with Gasteiger partial charge >= 0.3 is 5.97 Å². The normalized spacial score (nSPS) is 19.1. The third-order valence-electron chi connectivity index (χ3n) is 3.34. The SMILES string of the molecule is O=C(O[C@@H]1CCNC1)C(O)(c1cccs1)c1cccs1. The minimum absolute atomic E-state index is 0.158. The van der Waals surface area contributed by atoms with Gasteiger partial charge in [-0.2, -0.15) is 0 Å². The summed E-state index contributed by atoms with van der Waals surface area (Å²) in [6.45, 7) is 1.49. The van der Waals surface area contributed by atoms with Gasteiger partial charge in [0.1, 0.15) is 6.10 Å². The van der Waals surface area contributed by atoms with Crippen molar-refractivity contribution in [3.05, 3.63) is 44.8 Å². The monoisotopic (exact) mass is 309 g/mol. The summed E-state index contributed by atoms with van der Waals surface area (Å²) >= 11 is 2.71. The van der Waals surface area contributed by atoms with Crippen molar-refractivity contribution in [1.82, 2.24) is 5.32 Å². The molecule has 0 amide bonds. The molecule has 0 bridgehead atoms. The van der Waals surface area contributed by atoms with Crippen molar-refractivity contribution in [3.63, 3.8) is 0 Å². The fourth-order valence-corrected chi connectivity index (χ4v) is 3.97. The van der Waals surface area contributed by atoms with Gasteiger partial charge in [-0.05, 0) is 35.9 Å². The molecule has 20 heavy (non-hydrogen) atoms.